The molecule has 1 unspecified atom stereocenters. The van der Waals surface area contributed by atoms with Gasteiger partial charge >= 0.3 is 11.9 Å². The van der Waals surface area contributed by atoms with Crippen molar-refractivity contribution in [3.63, 3.8) is 0 Å². The molecule has 0 fully saturated rings. The summed E-state index contributed by atoms with van der Waals surface area (Å²) in [5, 5.41) is 3.26. The number of amides is 1. The number of rotatable bonds is 39. The lowest BCUT2D eigenvalue weighted by Gasteiger charge is -2.20. The molecular formula is C45H88N2O5. The van der Waals surface area contributed by atoms with Crippen LogP contribution in [0.15, 0.2) is 0 Å². The van der Waals surface area contributed by atoms with Gasteiger partial charge in [-0.1, -0.05) is 169 Å². The van der Waals surface area contributed by atoms with Gasteiger partial charge in [-0.15, -0.1) is 0 Å². The minimum Gasteiger partial charge on any atom is -0.466 e. The standard InChI is InChI=1S/C45H88N2O5/c1-7-11-19-27-40(28-20-12-8-2)35-37-51-44(49)33-25-17-15-16-23-31-42(46-43(48)39-47(5)6)32-24-18-26-34-45(50)52-38-36-41(29-21-13-9-3)30-22-14-10-4/h40-42H,7-39H2,1-6H3,(H,46,48). The third-order valence-corrected chi connectivity index (χ3v) is 10.6. The van der Waals surface area contributed by atoms with Gasteiger partial charge in [0.15, 0.2) is 0 Å². The van der Waals surface area contributed by atoms with Crippen molar-refractivity contribution in [2.24, 2.45) is 11.8 Å². The van der Waals surface area contributed by atoms with E-state index in [-0.39, 0.29) is 23.9 Å². The van der Waals surface area contributed by atoms with Crippen LogP contribution in [0.4, 0.5) is 0 Å². The molecule has 0 aromatic carbocycles. The van der Waals surface area contributed by atoms with Crippen LogP contribution in [0.2, 0.25) is 0 Å². The summed E-state index contributed by atoms with van der Waals surface area (Å²) in [5.74, 6) is 1.35. The van der Waals surface area contributed by atoms with Crippen LogP contribution < -0.4 is 5.32 Å². The molecule has 52 heavy (non-hydrogen) atoms. The molecule has 0 radical (unpaired) electrons. The van der Waals surface area contributed by atoms with Crippen molar-refractivity contribution in [3.05, 3.63) is 0 Å². The maximum atomic E-state index is 12.5. The summed E-state index contributed by atoms with van der Waals surface area (Å²) in [4.78, 5) is 39.2. The number of carbonyl (C=O) groups is 3. The van der Waals surface area contributed by atoms with Gasteiger partial charge in [0.1, 0.15) is 0 Å². The molecule has 0 spiro atoms. The largest absolute Gasteiger partial charge is 0.466 e. The average Bonchev–Trinajstić information content (AvgIpc) is 3.10. The molecule has 1 atom stereocenters. The second-order valence-electron chi connectivity index (χ2n) is 16.1. The first-order valence-electron chi connectivity index (χ1n) is 22.5. The quantitative estimate of drug-likeness (QED) is 0.0499. The first-order valence-corrected chi connectivity index (χ1v) is 22.5. The van der Waals surface area contributed by atoms with Crippen LogP contribution in [-0.4, -0.2) is 62.6 Å². The fourth-order valence-corrected chi connectivity index (χ4v) is 7.30. The Bertz CT molecular complexity index is 800. The number of hydrogen-bond donors (Lipinski definition) is 1. The zero-order chi connectivity index (χ0) is 38.5. The first-order chi connectivity index (χ1) is 25.2. The van der Waals surface area contributed by atoms with Gasteiger partial charge in [0.05, 0.1) is 19.8 Å². The highest BCUT2D eigenvalue weighted by Crippen LogP contribution is 2.23. The molecule has 0 saturated heterocycles. The lowest BCUT2D eigenvalue weighted by Crippen LogP contribution is -2.40. The van der Waals surface area contributed by atoms with Crippen molar-refractivity contribution in [3.8, 4) is 0 Å². The fraction of sp³-hybridized carbons (Fsp3) is 0.933. The highest BCUT2D eigenvalue weighted by molar-refractivity contribution is 5.78. The molecule has 0 aliphatic carbocycles. The third-order valence-electron chi connectivity index (χ3n) is 10.6. The molecule has 0 heterocycles. The Balaban J connectivity index is 4.31. The molecule has 308 valence electrons. The number of esters is 2. The van der Waals surface area contributed by atoms with E-state index in [1.165, 1.54) is 103 Å². The molecule has 7 nitrogen and oxygen atoms in total. The number of carbonyl (C=O) groups excluding carboxylic acids is 3. The van der Waals surface area contributed by atoms with Crippen LogP contribution in [0.5, 0.6) is 0 Å². The van der Waals surface area contributed by atoms with E-state index in [1.54, 1.807) is 0 Å². The monoisotopic (exact) mass is 737 g/mol. The highest BCUT2D eigenvalue weighted by Gasteiger charge is 2.15. The van der Waals surface area contributed by atoms with Gasteiger partial charge in [0.2, 0.25) is 5.91 Å². The van der Waals surface area contributed by atoms with E-state index in [0.717, 1.165) is 77.0 Å². The zero-order valence-electron chi connectivity index (χ0n) is 35.6. The van der Waals surface area contributed by atoms with Crippen LogP contribution in [0.3, 0.4) is 0 Å². The molecule has 0 aliphatic rings. The molecular weight excluding hydrogens is 649 g/mol. The van der Waals surface area contributed by atoms with E-state index in [4.69, 9.17) is 9.47 Å². The van der Waals surface area contributed by atoms with E-state index in [1.807, 2.05) is 19.0 Å². The molecule has 0 aliphatic heterocycles. The van der Waals surface area contributed by atoms with E-state index in [2.05, 4.69) is 33.0 Å². The molecule has 0 aromatic rings. The maximum absolute atomic E-state index is 12.5. The lowest BCUT2D eigenvalue weighted by atomic mass is 9.92. The summed E-state index contributed by atoms with van der Waals surface area (Å²) in [6.07, 6.45) is 33.4. The Morgan fingerprint density at radius 3 is 1.19 bits per heavy atom. The Morgan fingerprint density at radius 2 is 0.808 bits per heavy atom. The summed E-state index contributed by atoms with van der Waals surface area (Å²) in [5.41, 5.74) is 0. The summed E-state index contributed by atoms with van der Waals surface area (Å²) >= 11 is 0. The van der Waals surface area contributed by atoms with E-state index in [9.17, 15) is 14.4 Å². The summed E-state index contributed by atoms with van der Waals surface area (Å²) < 4.78 is 11.3. The smallest absolute Gasteiger partial charge is 0.305 e. The number of likely N-dealkylation sites (N-methyl/N-ethyl adjacent to an activating group) is 1. The lowest BCUT2D eigenvalue weighted by molar-refractivity contribution is -0.145. The van der Waals surface area contributed by atoms with Gasteiger partial charge in [-0.05, 0) is 64.5 Å². The molecule has 0 rings (SSSR count). The van der Waals surface area contributed by atoms with Crippen LogP contribution >= 0.6 is 0 Å². The van der Waals surface area contributed by atoms with Crippen LogP contribution in [0.25, 0.3) is 0 Å². The Labute approximate surface area is 323 Å². The maximum Gasteiger partial charge on any atom is 0.305 e. The normalized spacial score (nSPS) is 12.2. The Hall–Kier alpha value is -1.63. The number of unbranched alkanes of at least 4 members (excludes halogenated alkanes) is 14. The van der Waals surface area contributed by atoms with Crippen molar-refractivity contribution in [1.82, 2.24) is 10.2 Å². The minimum atomic E-state index is -0.0609. The van der Waals surface area contributed by atoms with Crippen molar-refractivity contribution in [2.45, 2.75) is 226 Å². The third kappa shape index (κ3) is 34.2. The molecule has 1 amide bonds. The van der Waals surface area contributed by atoms with Gasteiger partial charge in [0.25, 0.3) is 0 Å². The van der Waals surface area contributed by atoms with Crippen molar-refractivity contribution in [1.29, 1.82) is 0 Å². The Morgan fingerprint density at radius 1 is 0.462 bits per heavy atom. The molecule has 1 N–H and O–H groups in total. The van der Waals surface area contributed by atoms with Crippen LogP contribution in [0.1, 0.15) is 220 Å². The number of ether oxygens (including phenoxy) is 2. The number of nitrogens with zero attached hydrogens (tertiary/aromatic N) is 1. The first kappa shape index (κ1) is 50.4. The zero-order valence-corrected chi connectivity index (χ0v) is 35.6. The summed E-state index contributed by atoms with van der Waals surface area (Å²) in [6.45, 7) is 10.5. The minimum absolute atomic E-state index is 0.0398. The van der Waals surface area contributed by atoms with Gasteiger partial charge in [-0.25, -0.2) is 0 Å². The fourth-order valence-electron chi connectivity index (χ4n) is 7.30. The second-order valence-corrected chi connectivity index (χ2v) is 16.1. The highest BCUT2D eigenvalue weighted by atomic mass is 16.5. The van der Waals surface area contributed by atoms with Gasteiger partial charge < -0.3 is 19.7 Å². The predicted molar refractivity (Wildman–Crippen MR) is 221 cm³/mol. The number of nitrogens with one attached hydrogen (secondary N) is 1. The van der Waals surface area contributed by atoms with Crippen LogP contribution in [0, 0.1) is 11.8 Å². The van der Waals surface area contributed by atoms with Gasteiger partial charge in [-0.3, -0.25) is 14.4 Å². The van der Waals surface area contributed by atoms with E-state index < -0.39 is 0 Å². The molecule has 7 heteroatoms. The van der Waals surface area contributed by atoms with Crippen molar-refractivity contribution in [2.75, 3.05) is 33.9 Å². The molecule has 0 aromatic heterocycles. The number of hydrogen-bond acceptors (Lipinski definition) is 6. The summed E-state index contributed by atoms with van der Waals surface area (Å²) in [6, 6.07) is 0.166. The van der Waals surface area contributed by atoms with E-state index >= 15 is 0 Å². The SMILES string of the molecule is CCCCCC(CCCCC)CCOC(=O)CCCCCCCC(CCCCCC(=O)OCCC(CCCCC)CCCCC)NC(=O)CN(C)C. The van der Waals surface area contributed by atoms with Crippen molar-refractivity contribution < 1.29 is 23.9 Å². The van der Waals surface area contributed by atoms with Crippen LogP contribution in [-0.2, 0) is 23.9 Å². The van der Waals surface area contributed by atoms with E-state index in [0.29, 0.717) is 44.4 Å². The molecule has 0 saturated carbocycles. The average molecular weight is 737 g/mol. The molecule has 0 bridgehead atoms. The topological polar surface area (TPSA) is 84.9 Å². The van der Waals surface area contributed by atoms with Crippen molar-refractivity contribution >= 4 is 17.8 Å². The second kappa shape index (κ2) is 37.7. The Kier molecular flexibility index (Phi) is 36.5. The predicted octanol–water partition coefficient (Wildman–Crippen LogP) is 12.1. The summed E-state index contributed by atoms with van der Waals surface area (Å²) in [7, 11) is 3.84. The van der Waals surface area contributed by atoms with Gasteiger partial charge in [0, 0.05) is 18.9 Å². The van der Waals surface area contributed by atoms with Gasteiger partial charge in [-0.2, -0.15) is 0 Å².